The molecule has 0 unspecified atom stereocenters. The fourth-order valence-electron chi connectivity index (χ4n) is 6.56. The van der Waals surface area contributed by atoms with Crippen LogP contribution < -0.4 is 5.32 Å². The summed E-state index contributed by atoms with van der Waals surface area (Å²) in [5, 5.41) is 2.66. The Kier molecular flexibility index (Phi) is 31.2. The number of nitrogens with zero attached hydrogens (tertiary/aromatic N) is 1. The second kappa shape index (κ2) is 33.8. The Bertz CT molecular complexity index is 797. The number of nitrogens with one attached hydrogen (secondary N) is 1. The summed E-state index contributed by atoms with van der Waals surface area (Å²) in [6, 6.07) is -0.298. The third-order valence-corrected chi connectivity index (χ3v) is 9.78. The molecular weight excluding hydrogens is 654 g/mol. The highest BCUT2D eigenvalue weighted by Crippen LogP contribution is 2.15. The van der Waals surface area contributed by atoms with E-state index < -0.39 is 18.6 Å². The number of halogens is 2. The number of likely N-dealkylation sites (tertiary alicyclic amines) is 1. The molecule has 1 N–H and O–H groups in total. The van der Waals surface area contributed by atoms with Gasteiger partial charge in [0.15, 0.2) is 6.10 Å². The first kappa shape index (κ1) is 47.1. The molecule has 0 spiro atoms. The minimum Gasteiger partial charge on any atom is -0.462 e. The number of carbonyl (C=O) groups is 3. The fraction of sp³-hybridized carbons (Fsp3) is 0.927. The van der Waals surface area contributed by atoms with Gasteiger partial charge < -0.3 is 19.5 Å². The van der Waals surface area contributed by atoms with Crippen molar-refractivity contribution in [1.29, 1.82) is 0 Å². The molecule has 0 radical (unpaired) electrons. The second-order valence-electron chi connectivity index (χ2n) is 14.8. The van der Waals surface area contributed by atoms with E-state index in [2.05, 4.69) is 19.2 Å². The van der Waals surface area contributed by atoms with E-state index in [1.54, 1.807) is 4.90 Å². The molecule has 1 fully saturated rings. The molecule has 0 aliphatic carbocycles. The molecule has 0 saturated carbocycles. The molecule has 1 rings (SSSR count). The lowest BCUT2D eigenvalue weighted by Crippen LogP contribution is -2.60. The van der Waals surface area contributed by atoms with E-state index in [9.17, 15) is 23.2 Å². The SMILES string of the molecule is CCCCCCCCCCCCCCCC(=O)OCC(COC(=O)CCCCCCCCCCCCCCC)OC(=O)NC1CN(CC(F)F)C1. The maximum atomic E-state index is 12.6. The molecule has 10 heteroatoms. The molecule has 0 bridgehead atoms. The first-order valence-corrected chi connectivity index (χ1v) is 21.1. The van der Waals surface area contributed by atoms with Crippen molar-refractivity contribution in [2.24, 2.45) is 0 Å². The van der Waals surface area contributed by atoms with Gasteiger partial charge in [-0.25, -0.2) is 13.6 Å². The standard InChI is InChI=1S/C41H76F2N2O6/c1-3-5-7-9-11-13-15-17-19-21-23-25-27-29-39(46)49-34-37(51-41(48)44-36-31-45(32-36)33-38(42)43)35-50-40(47)30-28-26-24-22-20-18-16-14-12-10-8-6-4-2/h36-38H,3-35H2,1-2H3,(H,44,48). The molecule has 51 heavy (non-hydrogen) atoms. The summed E-state index contributed by atoms with van der Waals surface area (Å²) >= 11 is 0. The molecule has 1 heterocycles. The zero-order valence-electron chi connectivity index (χ0n) is 32.7. The minimum atomic E-state index is -2.42. The van der Waals surface area contributed by atoms with E-state index in [0.29, 0.717) is 13.1 Å². The van der Waals surface area contributed by atoms with E-state index in [-0.39, 0.29) is 50.6 Å². The first-order valence-electron chi connectivity index (χ1n) is 21.1. The third kappa shape index (κ3) is 30.2. The lowest BCUT2D eigenvalue weighted by atomic mass is 10.0. The Balaban J connectivity index is 2.24. The number of alkyl carbamates (subject to hydrolysis) is 1. The number of ether oxygens (including phenoxy) is 3. The fourth-order valence-corrected chi connectivity index (χ4v) is 6.56. The van der Waals surface area contributed by atoms with Gasteiger partial charge in [0.1, 0.15) is 13.2 Å². The molecular formula is C41H76F2N2O6. The van der Waals surface area contributed by atoms with Crippen LogP contribution in [0.25, 0.3) is 0 Å². The number of unbranched alkanes of at least 4 members (excludes halogenated alkanes) is 24. The van der Waals surface area contributed by atoms with Crippen LogP contribution in [0.2, 0.25) is 0 Å². The van der Waals surface area contributed by atoms with Crippen LogP contribution in [0.5, 0.6) is 0 Å². The number of esters is 2. The quantitative estimate of drug-likeness (QED) is 0.0389. The molecule has 1 aliphatic heterocycles. The lowest BCUT2D eigenvalue weighted by molar-refractivity contribution is -0.152. The number of hydrogen-bond acceptors (Lipinski definition) is 7. The van der Waals surface area contributed by atoms with Crippen molar-refractivity contribution in [2.75, 3.05) is 32.8 Å². The Morgan fingerprint density at radius 3 is 1.24 bits per heavy atom. The predicted molar refractivity (Wildman–Crippen MR) is 202 cm³/mol. The third-order valence-electron chi connectivity index (χ3n) is 9.78. The Hall–Kier alpha value is -1.97. The molecule has 0 atom stereocenters. The first-order chi connectivity index (χ1) is 24.8. The van der Waals surface area contributed by atoms with E-state index in [1.807, 2.05) is 0 Å². The van der Waals surface area contributed by atoms with Crippen LogP contribution in [-0.2, 0) is 23.8 Å². The Labute approximate surface area is 310 Å². The van der Waals surface area contributed by atoms with Crippen molar-refractivity contribution in [3.63, 3.8) is 0 Å². The van der Waals surface area contributed by atoms with Crippen LogP contribution in [-0.4, -0.2) is 74.4 Å². The van der Waals surface area contributed by atoms with Crippen LogP contribution in [0.3, 0.4) is 0 Å². The molecule has 8 nitrogen and oxygen atoms in total. The van der Waals surface area contributed by atoms with Gasteiger partial charge in [-0.15, -0.1) is 0 Å². The predicted octanol–water partition coefficient (Wildman–Crippen LogP) is 11.1. The topological polar surface area (TPSA) is 94.2 Å². The lowest BCUT2D eigenvalue weighted by Gasteiger charge is -2.39. The minimum absolute atomic E-state index is 0.209. The molecule has 0 aromatic carbocycles. The van der Waals surface area contributed by atoms with Crippen molar-refractivity contribution < 1.29 is 37.4 Å². The van der Waals surface area contributed by atoms with Gasteiger partial charge in [-0.05, 0) is 12.8 Å². The monoisotopic (exact) mass is 731 g/mol. The van der Waals surface area contributed by atoms with Crippen molar-refractivity contribution in [2.45, 2.75) is 212 Å². The highest BCUT2D eigenvalue weighted by atomic mass is 19.3. The van der Waals surface area contributed by atoms with Crippen molar-refractivity contribution in [3.05, 3.63) is 0 Å². The van der Waals surface area contributed by atoms with Crippen LogP contribution in [0.1, 0.15) is 194 Å². The molecule has 0 aromatic rings. The van der Waals surface area contributed by atoms with Gasteiger partial charge >= 0.3 is 18.0 Å². The zero-order valence-corrected chi connectivity index (χ0v) is 32.7. The summed E-state index contributed by atoms with van der Waals surface area (Å²) < 4.78 is 41.4. The van der Waals surface area contributed by atoms with E-state index in [4.69, 9.17) is 14.2 Å². The maximum Gasteiger partial charge on any atom is 0.407 e. The van der Waals surface area contributed by atoms with E-state index in [1.165, 1.54) is 128 Å². The number of rotatable bonds is 36. The molecule has 1 aliphatic rings. The zero-order chi connectivity index (χ0) is 37.2. The molecule has 300 valence electrons. The van der Waals surface area contributed by atoms with Gasteiger partial charge in [-0.1, -0.05) is 168 Å². The highest BCUT2D eigenvalue weighted by Gasteiger charge is 2.31. The number of amides is 1. The van der Waals surface area contributed by atoms with Crippen molar-refractivity contribution >= 4 is 18.0 Å². The van der Waals surface area contributed by atoms with Crippen LogP contribution in [0.15, 0.2) is 0 Å². The van der Waals surface area contributed by atoms with E-state index in [0.717, 1.165) is 38.5 Å². The Morgan fingerprint density at radius 1 is 0.569 bits per heavy atom. The average Bonchev–Trinajstić information content (AvgIpc) is 3.08. The molecule has 0 aromatic heterocycles. The van der Waals surface area contributed by atoms with Gasteiger partial charge in [0.25, 0.3) is 6.43 Å². The van der Waals surface area contributed by atoms with Crippen LogP contribution in [0, 0.1) is 0 Å². The van der Waals surface area contributed by atoms with Crippen LogP contribution >= 0.6 is 0 Å². The Morgan fingerprint density at radius 2 is 0.902 bits per heavy atom. The smallest absolute Gasteiger partial charge is 0.407 e. The van der Waals surface area contributed by atoms with Gasteiger partial charge in [0, 0.05) is 25.9 Å². The second-order valence-corrected chi connectivity index (χ2v) is 14.8. The van der Waals surface area contributed by atoms with Gasteiger partial charge in [-0.3, -0.25) is 14.5 Å². The average molecular weight is 731 g/mol. The van der Waals surface area contributed by atoms with Crippen molar-refractivity contribution in [3.8, 4) is 0 Å². The summed E-state index contributed by atoms with van der Waals surface area (Å²) in [6.45, 7) is 4.36. The van der Waals surface area contributed by atoms with Crippen molar-refractivity contribution in [1.82, 2.24) is 10.2 Å². The molecule has 1 saturated heterocycles. The van der Waals surface area contributed by atoms with Gasteiger partial charge in [0.05, 0.1) is 12.6 Å². The van der Waals surface area contributed by atoms with E-state index >= 15 is 0 Å². The largest absolute Gasteiger partial charge is 0.462 e. The number of carbonyl (C=O) groups excluding carboxylic acids is 3. The highest BCUT2D eigenvalue weighted by molar-refractivity contribution is 5.70. The summed E-state index contributed by atoms with van der Waals surface area (Å²) in [6.07, 6.45) is 28.2. The summed E-state index contributed by atoms with van der Waals surface area (Å²) in [7, 11) is 0. The van der Waals surface area contributed by atoms with Gasteiger partial charge in [-0.2, -0.15) is 0 Å². The summed E-state index contributed by atoms with van der Waals surface area (Å²) in [4.78, 5) is 38.9. The van der Waals surface area contributed by atoms with Crippen LogP contribution in [0.4, 0.5) is 13.6 Å². The normalized spacial score (nSPS) is 13.5. The summed E-state index contributed by atoms with van der Waals surface area (Å²) in [5.41, 5.74) is 0. The van der Waals surface area contributed by atoms with Gasteiger partial charge in [0.2, 0.25) is 0 Å². The number of alkyl halides is 2. The maximum absolute atomic E-state index is 12.6. The molecule has 1 amide bonds. The summed E-state index contributed by atoms with van der Waals surface area (Å²) in [5.74, 6) is -0.737. The number of hydrogen-bond donors (Lipinski definition) is 1.